The number of aromatic nitrogens is 1. The second-order valence-electron chi connectivity index (χ2n) is 9.57. The van der Waals surface area contributed by atoms with Crippen LogP contribution in [0.3, 0.4) is 0 Å². The number of amides is 3. The highest BCUT2D eigenvalue weighted by Gasteiger charge is 2.31. The number of carbonyl (C=O) groups is 3. The van der Waals surface area contributed by atoms with Crippen molar-refractivity contribution in [2.75, 3.05) is 32.5 Å². The molecule has 1 aromatic carbocycles. The fourth-order valence-electron chi connectivity index (χ4n) is 5.53. The number of carbonyl (C=O) groups excluding carboxylic acids is 3. The minimum atomic E-state index is -0.466. The molecule has 1 fully saturated rings. The first-order valence-electron chi connectivity index (χ1n) is 12.4. The van der Waals surface area contributed by atoms with E-state index in [0.717, 1.165) is 34.3 Å². The Hall–Kier alpha value is -2.91. The van der Waals surface area contributed by atoms with Gasteiger partial charge in [0.1, 0.15) is 6.61 Å². The Labute approximate surface area is 215 Å². The molecule has 0 bridgehead atoms. The summed E-state index contributed by atoms with van der Waals surface area (Å²) in [5, 5.41) is 13.1. The minimum Gasteiger partial charge on any atom is -0.387 e. The molecule has 1 saturated heterocycles. The summed E-state index contributed by atoms with van der Waals surface area (Å²) in [5.41, 5.74) is 3.20. The van der Waals surface area contributed by atoms with Crippen molar-refractivity contribution in [2.45, 2.75) is 39.7 Å². The van der Waals surface area contributed by atoms with E-state index < -0.39 is 12.5 Å². The van der Waals surface area contributed by atoms with Crippen LogP contribution in [0.25, 0.3) is 10.9 Å². The van der Waals surface area contributed by atoms with Crippen LogP contribution in [-0.4, -0.2) is 70.5 Å². The van der Waals surface area contributed by atoms with Crippen molar-refractivity contribution in [1.29, 1.82) is 0 Å². The first-order valence-corrected chi connectivity index (χ1v) is 13.6. The van der Waals surface area contributed by atoms with Gasteiger partial charge in [0.2, 0.25) is 5.91 Å². The van der Waals surface area contributed by atoms with E-state index in [1.165, 1.54) is 11.8 Å². The van der Waals surface area contributed by atoms with Crippen LogP contribution < -0.4 is 5.32 Å². The molecule has 0 aliphatic carbocycles. The van der Waals surface area contributed by atoms with Gasteiger partial charge >= 0.3 is 0 Å². The van der Waals surface area contributed by atoms with Gasteiger partial charge in [-0.25, -0.2) is 4.99 Å². The number of fused-ring (bicyclic) bond motifs is 1. The summed E-state index contributed by atoms with van der Waals surface area (Å²) < 4.78 is 2.24. The van der Waals surface area contributed by atoms with E-state index in [1.54, 1.807) is 11.8 Å². The van der Waals surface area contributed by atoms with Gasteiger partial charge in [-0.05, 0) is 57.9 Å². The number of nitrogens with zero attached hydrogens (tertiary/aromatic N) is 3. The van der Waals surface area contributed by atoms with Gasteiger partial charge in [-0.15, -0.1) is 11.8 Å². The van der Waals surface area contributed by atoms with Crippen molar-refractivity contribution in [1.82, 2.24) is 14.8 Å². The predicted octanol–water partition coefficient (Wildman–Crippen LogP) is 3.34. The molecule has 2 aromatic rings. The normalized spacial score (nSPS) is 19.8. The maximum atomic E-state index is 13.5. The fraction of sp³-hybridized carbons (Fsp3) is 0.481. The highest BCUT2D eigenvalue weighted by atomic mass is 32.2. The third-order valence-corrected chi connectivity index (χ3v) is 8.36. The van der Waals surface area contributed by atoms with Crippen LogP contribution in [0.1, 0.15) is 48.8 Å². The van der Waals surface area contributed by atoms with Gasteiger partial charge in [0, 0.05) is 52.9 Å². The van der Waals surface area contributed by atoms with Crippen LogP contribution >= 0.6 is 11.8 Å². The number of allylic oxidation sites excluding steroid dienone is 1. The molecule has 36 heavy (non-hydrogen) atoms. The van der Waals surface area contributed by atoms with Crippen molar-refractivity contribution in [3.05, 3.63) is 46.5 Å². The zero-order chi connectivity index (χ0) is 26.0. The molecule has 3 amide bonds. The first-order chi connectivity index (χ1) is 17.3. The van der Waals surface area contributed by atoms with Crippen LogP contribution in [0, 0.1) is 18.8 Å². The number of nitrogens with one attached hydrogen (secondary N) is 1. The number of aliphatic imine (C=N–C) groups is 1. The monoisotopic (exact) mass is 510 g/mol. The number of rotatable bonds is 7. The second-order valence-corrected chi connectivity index (χ2v) is 10.4. The lowest BCUT2D eigenvalue weighted by Crippen LogP contribution is -2.41. The van der Waals surface area contributed by atoms with Crippen molar-refractivity contribution >= 4 is 46.1 Å². The Morgan fingerprint density at radius 1 is 1.22 bits per heavy atom. The van der Waals surface area contributed by atoms with Crippen molar-refractivity contribution in [2.24, 2.45) is 16.8 Å². The summed E-state index contributed by atoms with van der Waals surface area (Å²) in [7, 11) is 0. The number of aliphatic hydroxyl groups excluding tert-OH is 1. The number of likely N-dealkylation sites (tertiary alicyclic amines) is 1. The molecule has 1 unspecified atom stereocenters. The Morgan fingerprint density at radius 2 is 1.92 bits per heavy atom. The van der Waals surface area contributed by atoms with Crippen LogP contribution in [-0.2, 0) is 9.59 Å². The average Bonchev–Trinajstić information content (AvgIpc) is 3.18. The molecule has 2 N–H and O–H groups in total. The summed E-state index contributed by atoms with van der Waals surface area (Å²) in [6.07, 6.45) is 5.51. The number of piperidine rings is 1. The molecule has 4 rings (SSSR count). The van der Waals surface area contributed by atoms with Crippen LogP contribution in [0.15, 0.2) is 40.2 Å². The Balaban J connectivity index is 1.56. The number of benzene rings is 1. The molecule has 192 valence electrons. The van der Waals surface area contributed by atoms with E-state index in [-0.39, 0.29) is 30.3 Å². The number of dihydropyridines is 1. The summed E-state index contributed by atoms with van der Waals surface area (Å²) in [6, 6.07) is 8.05. The third kappa shape index (κ3) is 4.99. The van der Waals surface area contributed by atoms with Crippen LogP contribution in [0.4, 0.5) is 0 Å². The van der Waals surface area contributed by atoms with Gasteiger partial charge in [0.15, 0.2) is 0 Å². The summed E-state index contributed by atoms with van der Waals surface area (Å²) in [6.45, 7) is 6.95. The lowest BCUT2D eigenvalue weighted by molar-refractivity contribution is -0.135. The number of aliphatic hydroxyl groups is 1. The van der Waals surface area contributed by atoms with Gasteiger partial charge in [-0.1, -0.05) is 18.2 Å². The SMILES string of the molecule is CSC1=CC(C)=NC(=O)C1CNC(=O)c1c(C)n([C@H](C)C2CCN(C(=O)CO)CC2)c2ccccc12. The van der Waals surface area contributed by atoms with E-state index >= 15 is 0 Å². The molecular weight excluding hydrogens is 476 g/mol. The van der Waals surface area contributed by atoms with E-state index in [1.807, 2.05) is 43.5 Å². The Morgan fingerprint density at radius 3 is 2.58 bits per heavy atom. The Bertz CT molecular complexity index is 1240. The predicted molar refractivity (Wildman–Crippen MR) is 143 cm³/mol. The van der Waals surface area contributed by atoms with Gasteiger partial charge < -0.3 is 19.9 Å². The molecule has 0 saturated carbocycles. The van der Waals surface area contributed by atoms with Crippen molar-refractivity contribution < 1.29 is 19.5 Å². The second kappa shape index (κ2) is 11.0. The van der Waals surface area contributed by atoms with E-state index in [9.17, 15) is 14.4 Å². The van der Waals surface area contributed by atoms with Crippen molar-refractivity contribution in [3.63, 3.8) is 0 Å². The maximum Gasteiger partial charge on any atom is 0.255 e. The summed E-state index contributed by atoms with van der Waals surface area (Å²) in [4.78, 5) is 44.6. The lowest BCUT2D eigenvalue weighted by Gasteiger charge is -2.36. The molecule has 1 aromatic heterocycles. The van der Waals surface area contributed by atoms with Gasteiger partial charge in [0.05, 0.1) is 11.5 Å². The van der Waals surface area contributed by atoms with Crippen LogP contribution in [0.5, 0.6) is 0 Å². The van der Waals surface area contributed by atoms with E-state index in [2.05, 4.69) is 21.8 Å². The average molecular weight is 511 g/mol. The summed E-state index contributed by atoms with van der Waals surface area (Å²) in [5.74, 6) is -0.768. The third-order valence-electron chi connectivity index (χ3n) is 7.48. The quantitative estimate of drug-likeness (QED) is 0.595. The molecule has 8 nitrogen and oxygen atoms in total. The van der Waals surface area contributed by atoms with Crippen LogP contribution in [0.2, 0.25) is 0 Å². The molecule has 9 heteroatoms. The van der Waals surface area contributed by atoms with Crippen molar-refractivity contribution in [3.8, 4) is 0 Å². The molecule has 0 spiro atoms. The highest BCUT2D eigenvalue weighted by molar-refractivity contribution is 8.02. The lowest BCUT2D eigenvalue weighted by atomic mass is 9.90. The highest BCUT2D eigenvalue weighted by Crippen LogP contribution is 2.36. The van der Waals surface area contributed by atoms with Gasteiger partial charge in [-0.2, -0.15) is 0 Å². The zero-order valence-electron chi connectivity index (χ0n) is 21.3. The largest absolute Gasteiger partial charge is 0.387 e. The smallest absolute Gasteiger partial charge is 0.255 e. The molecule has 3 heterocycles. The number of para-hydroxylation sites is 1. The molecule has 2 aliphatic rings. The number of hydrogen-bond donors (Lipinski definition) is 2. The first kappa shape index (κ1) is 26.2. The van der Waals surface area contributed by atoms with Gasteiger partial charge in [0.25, 0.3) is 11.8 Å². The topological polar surface area (TPSA) is 104 Å². The number of thioether (sulfide) groups is 1. The standard InChI is InChI=1S/C27H34N4O4S/c1-16-13-23(36-4)21(26(34)29-16)14-28-27(35)25-18(3)31(22-8-6-5-7-20(22)25)17(2)19-9-11-30(12-10-19)24(33)15-32/h5-8,13,17,19,21,32H,9-12,14-15H2,1-4H3,(H,28,35)/t17-,21?/m1/s1. The number of hydrogen-bond acceptors (Lipinski definition) is 5. The molecule has 2 aliphatic heterocycles. The summed E-state index contributed by atoms with van der Waals surface area (Å²) >= 11 is 1.51. The Kier molecular flexibility index (Phi) is 8.00. The maximum absolute atomic E-state index is 13.5. The fourth-order valence-corrected chi connectivity index (χ4v) is 6.29. The molecular formula is C27H34N4O4S. The molecule has 2 atom stereocenters. The van der Waals surface area contributed by atoms with E-state index in [4.69, 9.17) is 5.11 Å². The van der Waals surface area contributed by atoms with Gasteiger partial charge in [-0.3, -0.25) is 14.4 Å². The molecule has 0 radical (unpaired) electrons. The van der Waals surface area contributed by atoms with E-state index in [0.29, 0.717) is 30.3 Å². The zero-order valence-corrected chi connectivity index (χ0v) is 22.1. The minimum absolute atomic E-state index is 0.131.